The summed E-state index contributed by atoms with van der Waals surface area (Å²) in [6.45, 7) is 24.0. The molecule has 336 valence electrons. The molecule has 0 aromatic carbocycles. The van der Waals surface area contributed by atoms with E-state index in [1.807, 2.05) is 53.6 Å². The zero-order chi connectivity index (χ0) is 43.8. The number of likely N-dealkylation sites (N-methyl/N-ethyl adjacent to an activating group) is 1. The van der Waals surface area contributed by atoms with Crippen molar-refractivity contribution in [2.75, 3.05) is 34.1 Å². The molecule has 2 saturated heterocycles. The van der Waals surface area contributed by atoms with Crippen LogP contribution in [0.2, 0.25) is 0 Å². The molecule has 0 aromatic heterocycles. The van der Waals surface area contributed by atoms with Crippen LogP contribution in [0, 0.1) is 29.6 Å². The standard InChI is InChI=1S/C43H81NO12S/c1-18-20-57-56-39-30(10)52-33(23-42(39,12)51-17)55-36-27(7)38(53-29(9)35(46)31(44(14)15)21-24(3)4)41(11,50-16)22-25(5)34(45)26(6)37(47)43(13,49)32(19-2)54-40(48)28(36)8/h24-33,35-39,46-47,49H,18-23H2,1-17H3/t25-,26+,27+,28?,29-,30?,31+,32-,33+,35?,36+,37-,38-,39+,41?,42-,43-/m1/s1. The maximum Gasteiger partial charge on any atom is 0.311 e. The van der Waals surface area contributed by atoms with E-state index >= 15 is 0 Å². The zero-order valence-electron chi connectivity index (χ0n) is 38.3. The van der Waals surface area contributed by atoms with E-state index in [0.717, 1.165) is 18.6 Å². The van der Waals surface area contributed by atoms with Gasteiger partial charge in [0.1, 0.15) is 23.6 Å². The Kier molecular flexibility index (Phi) is 20.4. The van der Waals surface area contributed by atoms with Crippen LogP contribution in [0.5, 0.6) is 0 Å². The molecule has 0 bridgehead atoms. The van der Waals surface area contributed by atoms with Gasteiger partial charge in [0, 0.05) is 50.2 Å². The fraction of sp³-hybridized carbons (Fsp3) is 0.953. The predicted molar refractivity (Wildman–Crippen MR) is 223 cm³/mol. The second kappa shape index (κ2) is 22.3. The number of ether oxygens (including phenoxy) is 6. The number of aliphatic hydroxyl groups is 3. The minimum Gasteiger partial charge on any atom is -0.459 e. The second-order valence-corrected chi connectivity index (χ2v) is 19.1. The third-order valence-electron chi connectivity index (χ3n) is 12.7. The minimum absolute atomic E-state index is 0.165. The van der Waals surface area contributed by atoms with Crippen LogP contribution in [-0.4, -0.2) is 144 Å². The van der Waals surface area contributed by atoms with Crippen molar-refractivity contribution in [1.82, 2.24) is 4.90 Å². The van der Waals surface area contributed by atoms with Crippen molar-refractivity contribution in [2.24, 2.45) is 29.6 Å². The lowest BCUT2D eigenvalue weighted by Gasteiger charge is -2.49. The van der Waals surface area contributed by atoms with E-state index in [0.29, 0.717) is 5.92 Å². The third-order valence-corrected chi connectivity index (χ3v) is 13.7. The van der Waals surface area contributed by atoms with Crippen molar-refractivity contribution in [3.05, 3.63) is 0 Å². The summed E-state index contributed by atoms with van der Waals surface area (Å²) in [7, 11) is 7.06. The van der Waals surface area contributed by atoms with E-state index in [9.17, 15) is 24.9 Å². The van der Waals surface area contributed by atoms with Crippen LogP contribution in [0.3, 0.4) is 0 Å². The molecular weight excluding hydrogens is 755 g/mol. The molecule has 4 unspecified atom stereocenters. The molecule has 0 spiro atoms. The van der Waals surface area contributed by atoms with Crippen LogP contribution in [0.1, 0.15) is 122 Å². The second-order valence-electron chi connectivity index (χ2n) is 18.3. The van der Waals surface area contributed by atoms with Crippen molar-refractivity contribution >= 4 is 23.8 Å². The highest BCUT2D eigenvalue weighted by atomic mass is 32.2. The Balaban J connectivity index is 2.81. The number of hydrogen-bond donors (Lipinski definition) is 3. The highest BCUT2D eigenvalue weighted by Gasteiger charge is 2.53. The number of aliphatic hydroxyl groups excluding tert-OH is 2. The van der Waals surface area contributed by atoms with Crippen LogP contribution < -0.4 is 0 Å². The van der Waals surface area contributed by atoms with Crippen molar-refractivity contribution in [1.29, 1.82) is 0 Å². The number of cyclic esters (lactones) is 1. The van der Waals surface area contributed by atoms with Crippen LogP contribution in [0.4, 0.5) is 0 Å². The molecular formula is C43H81NO12S. The predicted octanol–water partition coefficient (Wildman–Crippen LogP) is 5.82. The normalized spacial score (nSPS) is 40.8. The Labute approximate surface area is 349 Å². The topological polar surface area (TPSA) is 163 Å². The van der Waals surface area contributed by atoms with Gasteiger partial charge in [-0.1, -0.05) is 48.5 Å². The molecule has 2 fully saturated rings. The van der Waals surface area contributed by atoms with Crippen molar-refractivity contribution in [3.63, 3.8) is 0 Å². The van der Waals surface area contributed by atoms with Crippen LogP contribution >= 0.6 is 12.0 Å². The number of carbonyl (C=O) groups is 2. The average molecular weight is 836 g/mol. The quantitative estimate of drug-likeness (QED) is 0.0969. The van der Waals surface area contributed by atoms with E-state index in [1.165, 1.54) is 19.0 Å². The van der Waals surface area contributed by atoms with Gasteiger partial charge in [-0.3, -0.25) is 9.59 Å². The summed E-state index contributed by atoms with van der Waals surface area (Å²) in [4.78, 5) is 30.4. The van der Waals surface area contributed by atoms with Gasteiger partial charge in [-0.2, -0.15) is 0 Å². The first-order valence-corrected chi connectivity index (χ1v) is 22.1. The van der Waals surface area contributed by atoms with Gasteiger partial charge in [0.2, 0.25) is 0 Å². The molecule has 0 amide bonds. The molecule has 0 aliphatic carbocycles. The van der Waals surface area contributed by atoms with E-state index in [2.05, 4.69) is 20.8 Å². The largest absolute Gasteiger partial charge is 0.459 e. The number of esters is 1. The molecule has 14 heteroatoms. The van der Waals surface area contributed by atoms with Gasteiger partial charge < -0.3 is 52.8 Å². The van der Waals surface area contributed by atoms with Crippen LogP contribution in [0.25, 0.3) is 0 Å². The Morgan fingerprint density at radius 3 is 2.02 bits per heavy atom. The lowest BCUT2D eigenvalue weighted by atomic mass is 9.73. The van der Waals surface area contributed by atoms with E-state index in [1.54, 1.807) is 41.9 Å². The molecule has 13 nitrogen and oxygen atoms in total. The number of methoxy groups -OCH3 is 2. The summed E-state index contributed by atoms with van der Waals surface area (Å²) in [6, 6.07) is -0.223. The van der Waals surface area contributed by atoms with Crippen molar-refractivity contribution < 1.29 is 57.5 Å². The van der Waals surface area contributed by atoms with Crippen LogP contribution in [-0.2, 0) is 42.2 Å². The number of hydrogen-bond acceptors (Lipinski definition) is 14. The summed E-state index contributed by atoms with van der Waals surface area (Å²) in [5.41, 5.74) is -3.93. The van der Waals surface area contributed by atoms with Crippen molar-refractivity contribution in [3.8, 4) is 0 Å². The number of ketones is 1. The molecule has 0 radical (unpaired) electrons. The van der Waals surface area contributed by atoms with E-state index < -0.39 is 102 Å². The summed E-state index contributed by atoms with van der Waals surface area (Å²) in [5.74, 6) is -3.06. The lowest BCUT2D eigenvalue weighted by Crippen LogP contribution is -2.60. The molecule has 2 aliphatic heterocycles. The highest BCUT2D eigenvalue weighted by Crippen LogP contribution is 2.42. The third kappa shape index (κ3) is 12.8. The summed E-state index contributed by atoms with van der Waals surface area (Å²) in [5, 5.41) is 35.1. The number of nitrogens with zero attached hydrogens (tertiary/aromatic N) is 1. The molecule has 0 aromatic rings. The fourth-order valence-corrected chi connectivity index (χ4v) is 9.69. The molecule has 2 aliphatic rings. The van der Waals surface area contributed by atoms with E-state index in [4.69, 9.17) is 32.6 Å². The van der Waals surface area contributed by atoms with Crippen molar-refractivity contribution in [2.45, 2.75) is 200 Å². The molecule has 57 heavy (non-hydrogen) atoms. The average Bonchev–Trinajstić information content (AvgIpc) is 3.15. The van der Waals surface area contributed by atoms with Gasteiger partial charge in [0.15, 0.2) is 6.29 Å². The van der Waals surface area contributed by atoms with Gasteiger partial charge in [-0.05, 0) is 99.3 Å². The molecule has 0 saturated carbocycles. The number of carbonyl (C=O) groups excluding carboxylic acids is 2. The highest BCUT2D eigenvalue weighted by molar-refractivity contribution is 7.94. The van der Waals surface area contributed by atoms with Crippen LogP contribution in [0.15, 0.2) is 0 Å². The molecule has 17 atom stereocenters. The Morgan fingerprint density at radius 2 is 1.51 bits per heavy atom. The maximum absolute atomic E-state index is 14.4. The van der Waals surface area contributed by atoms with Gasteiger partial charge >= 0.3 is 5.97 Å². The summed E-state index contributed by atoms with van der Waals surface area (Å²) >= 11 is 1.38. The maximum atomic E-state index is 14.4. The molecule has 2 rings (SSSR count). The smallest absolute Gasteiger partial charge is 0.311 e. The Hall–Kier alpha value is -0.910. The zero-order valence-corrected chi connectivity index (χ0v) is 39.1. The van der Waals surface area contributed by atoms with Gasteiger partial charge in [0.05, 0.1) is 53.7 Å². The van der Waals surface area contributed by atoms with Gasteiger partial charge in [-0.25, -0.2) is 0 Å². The molecule has 3 N–H and O–H groups in total. The first-order chi connectivity index (χ1) is 26.4. The lowest BCUT2D eigenvalue weighted by molar-refractivity contribution is -0.297. The Bertz CT molecular complexity index is 1240. The van der Waals surface area contributed by atoms with E-state index in [-0.39, 0.29) is 31.1 Å². The summed E-state index contributed by atoms with van der Waals surface area (Å²) < 4.78 is 45.1. The Morgan fingerprint density at radius 1 is 0.930 bits per heavy atom. The first kappa shape index (κ1) is 52.2. The first-order valence-electron chi connectivity index (χ1n) is 21.2. The van der Waals surface area contributed by atoms with Gasteiger partial charge in [-0.15, -0.1) is 0 Å². The minimum atomic E-state index is -1.95. The van der Waals surface area contributed by atoms with Gasteiger partial charge in [0.25, 0.3) is 0 Å². The monoisotopic (exact) mass is 836 g/mol. The molecule has 2 heterocycles. The SMILES string of the molecule is CCCSO[C@H]1C(C)O[C@@H](O[C@@H]2C(C)C(=O)O[C@H](CC)[C@@](C)(O)[C@H](O)[C@@H](C)C(=O)[C@H](C)CC(C)(OC)[C@H](O[C@H](C)C(O)[C@H](CC(C)C)N(C)C)[C@H]2C)C[C@@]1(C)OC. The summed E-state index contributed by atoms with van der Waals surface area (Å²) in [6.07, 6.45) is -5.49. The number of Topliss-reactive ketones (excluding diaryl/α,β-unsaturated/α-hetero) is 1. The number of rotatable bonds is 16. The fourth-order valence-electron chi connectivity index (χ4n) is 8.92.